The summed E-state index contributed by atoms with van der Waals surface area (Å²) in [6.45, 7) is 5.46. The summed E-state index contributed by atoms with van der Waals surface area (Å²) >= 11 is 0. The Bertz CT molecular complexity index is 887. The number of carboxylic acid groups (broad SMARTS) is 1. The first-order valence-electron chi connectivity index (χ1n) is 9.40. The summed E-state index contributed by atoms with van der Waals surface area (Å²) in [4.78, 5) is 34.8. The highest BCUT2D eigenvalue weighted by Crippen LogP contribution is 2.17. The number of benzene rings is 2. The predicted octanol–water partition coefficient (Wildman–Crippen LogP) is 3.56. The van der Waals surface area contributed by atoms with Crippen LogP contribution in [0, 0.1) is 0 Å². The van der Waals surface area contributed by atoms with E-state index in [9.17, 15) is 14.4 Å². The van der Waals surface area contributed by atoms with E-state index in [1.54, 1.807) is 57.2 Å². The van der Waals surface area contributed by atoms with Crippen LogP contribution < -0.4 is 10.6 Å². The van der Waals surface area contributed by atoms with E-state index in [-0.39, 0.29) is 18.7 Å². The maximum Gasteiger partial charge on any atom is 0.407 e. The van der Waals surface area contributed by atoms with Crippen molar-refractivity contribution in [3.63, 3.8) is 0 Å². The molecule has 2 aromatic rings. The molecule has 30 heavy (non-hydrogen) atoms. The van der Waals surface area contributed by atoms with Gasteiger partial charge in [-0.05, 0) is 44.0 Å². The number of ether oxygens (including phenoxy) is 2. The van der Waals surface area contributed by atoms with Crippen LogP contribution in [0.3, 0.4) is 0 Å². The number of amides is 1. The highest BCUT2D eigenvalue weighted by Gasteiger charge is 2.16. The van der Waals surface area contributed by atoms with Gasteiger partial charge in [-0.25, -0.2) is 9.59 Å². The number of carboxylic acids is 1. The van der Waals surface area contributed by atoms with Gasteiger partial charge in [0.2, 0.25) is 0 Å². The number of carbonyl (C=O) groups is 3. The van der Waals surface area contributed by atoms with Crippen LogP contribution >= 0.6 is 0 Å². The number of alkyl carbamates (subject to hydrolysis) is 1. The smallest absolute Gasteiger partial charge is 0.407 e. The number of esters is 1. The molecule has 0 unspecified atom stereocenters. The summed E-state index contributed by atoms with van der Waals surface area (Å²) in [7, 11) is 0. The van der Waals surface area contributed by atoms with Crippen LogP contribution in [0.25, 0.3) is 0 Å². The zero-order valence-electron chi connectivity index (χ0n) is 17.2. The molecule has 8 nitrogen and oxygen atoms in total. The van der Waals surface area contributed by atoms with Crippen molar-refractivity contribution < 1.29 is 29.0 Å². The van der Waals surface area contributed by atoms with Gasteiger partial charge < -0.3 is 25.2 Å². The van der Waals surface area contributed by atoms with Crippen LogP contribution in [0.2, 0.25) is 0 Å². The van der Waals surface area contributed by atoms with Crippen molar-refractivity contribution in [2.75, 3.05) is 11.9 Å². The summed E-state index contributed by atoms with van der Waals surface area (Å²) in [5.41, 5.74) is 1.75. The van der Waals surface area contributed by atoms with Crippen molar-refractivity contribution in [1.82, 2.24) is 5.32 Å². The lowest BCUT2D eigenvalue weighted by atomic mass is 10.1. The Kier molecular flexibility index (Phi) is 7.80. The molecule has 160 valence electrons. The Labute approximate surface area is 175 Å². The molecule has 3 N–H and O–H groups in total. The van der Waals surface area contributed by atoms with Crippen LogP contribution in [-0.2, 0) is 27.4 Å². The second-order valence-corrected chi connectivity index (χ2v) is 7.54. The monoisotopic (exact) mass is 414 g/mol. The predicted molar refractivity (Wildman–Crippen MR) is 111 cm³/mol. The molecule has 0 spiro atoms. The van der Waals surface area contributed by atoms with E-state index in [0.29, 0.717) is 12.2 Å². The van der Waals surface area contributed by atoms with Crippen LogP contribution in [0.15, 0.2) is 48.5 Å². The molecule has 0 saturated carbocycles. The third kappa shape index (κ3) is 7.83. The van der Waals surface area contributed by atoms with Gasteiger partial charge in [0, 0.05) is 12.2 Å². The first-order valence-corrected chi connectivity index (χ1v) is 9.40. The van der Waals surface area contributed by atoms with Gasteiger partial charge in [0.25, 0.3) is 0 Å². The van der Waals surface area contributed by atoms with E-state index in [4.69, 9.17) is 14.6 Å². The standard InChI is InChI=1S/C22H26N2O6/c1-22(2,3)30-21(28)24-12-15-8-10-16(11-9-15)14-29-20(27)17-6-4-5-7-18(17)23-13-19(25)26/h4-11,23H,12-14H2,1-3H3,(H,24,28)(H,25,26). The van der Waals surface area contributed by atoms with Crippen LogP contribution in [-0.4, -0.2) is 35.3 Å². The van der Waals surface area contributed by atoms with Gasteiger partial charge in [-0.2, -0.15) is 0 Å². The Morgan fingerprint density at radius 2 is 1.60 bits per heavy atom. The van der Waals surface area contributed by atoms with Crippen molar-refractivity contribution in [3.05, 3.63) is 65.2 Å². The van der Waals surface area contributed by atoms with Crippen molar-refractivity contribution >= 4 is 23.7 Å². The minimum absolute atomic E-state index is 0.0614. The molecule has 0 aliphatic carbocycles. The van der Waals surface area contributed by atoms with Crippen LogP contribution in [0.5, 0.6) is 0 Å². The number of anilines is 1. The second kappa shape index (κ2) is 10.3. The summed E-state index contributed by atoms with van der Waals surface area (Å²) in [6, 6.07) is 13.8. The molecule has 2 rings (SSSR count). The van der Waals surface area contributed by atoms with E-state index in [2.05, 4.69) is 10.6 Å². The average Bonchev–Trinajstić information content (AvgIpc) is 2.68. The van der Waals surface area contributed by atoms with E-state index in [1.807, 2.05) is 12.1 Å². The van der Waals surface area contributed by atoms with Gasteiger partial charge >= 0.3 is 18.0 Å². The Balaban J connectivity index is 1.87. The summed E-state index contributed by atoms with van der Waals surface area (Å²) in [5, 5.41) is 14.2. The minimum Gasteiger partial charge on any atom is -0.480 e. The number of para-hydroxylation sites is 1. The van der Waals surface area contributed by atoms with Crippen molar-refractivity contribution in [2.24, 2.45) is 0 Å². The van der Waals surface area contributed by atoms with Gasteiger partial charge in [-0.15, -0.1) is 0 Å². The topological polar surface area (TPSA) is 114 Å². The number of nitrogens with one attached hydrogen (secondary N) is 2. The zero-order valence-corrected chi connectivity index (χ0v) is 17.2. The zero-order chi connectivity index (χ0) is 22.1. The quantitative estimate of drug-likeness (QED) is 0.566. The molecule has 8 heteroatoms. The van der Waals surface area contributed by atoms with E-state index < -0.39 is 23.6 Å². The van der Waals surface area contributed by atoms with E-state index in [1.165, 1.54) is 0 Å². The normalized spacial score (nSPS) is 10.8. The highest BCUT2D eigenvalue weighted by molar-refractivity contribution is 5.96. The molecular weight excluding hydrogens is 388 g/mol. The third-order valence-electron chi connectivity index (χ3n) is 3.81. The Hall–Kier alpha value is -3.55. The molecule has 0 aliphatic rings. The number of hydrogen-bond acceptors (Lipinski definition) is 6. The number of carbonyl (C=O) groups excluding carboxylic acids is 2. The number of hydrogen-bond donors (Lipinski definition) is 3. The largest absolute Gasteiger partial charge is 0.480 e. The maximum atomic E-state index is 12.4. The lowest BCUT2D eigenvalue weighted by molar-refractivity contribution is -0.134. The lowest BCUT2D eigenvalue weighted by Crippen LogP contribution is -2.32. The van der Waals surface area contributed by atoms with Gasteiger partial charge in [0.05, 0.1) is 5.56 Å². The Morgan fingerprint density at radius 1 is 0.967 bits per heavy atom. The minimum atomic E-state index is -1.03. The van der Waals surface area contributed by atoms with E-state index in [0.717, 1.165) is 11.1 Å². The lowest BCUT2D eigenvalue weighted by Gasteiger charge is -2.19. The maximum absolute atomic E-state index is 12.4. The van der Waals surface area contributed by atoms with Crippen molar-refractivity contribution in [1.29, 1.82) is 0 Å². The molecule has 1 amide bonds. The van der Waals surface area contributed by atoms with Crippen molar-refractivity contribution in [2.45, 2.75) is 39.5 Å². The summed E-state index contributed by atoms with van der Waals surface area (Å²) in [6.07, 6.45) is -0.490. The van der Waals surface area contributed by atoms with Gasteiger partial charge in [0.1, 0.15) is 18.8 Å². The van der Waals surface area contributed by atoms with Gasteiger partial charge in [-0.1, -0.05) is 36.4 Å². The Morgan fingerprint density at radius 3 is 2.23 bits per heavy atom. The van der Waals surface area contributed by atoms with Crippen LogP contribution in [0.4, 0.5) is 10.5 Å². The fraction of sp³-hybridized carbons (Fsp3) is 0.318. The number of aliphatic carboxylic acids is 1. The molecule has 0 bridgehead atoms. The molecule has 2 aromatic carbocycles. The van der Waals surface area contributed by atoms with Crippen LogP contribution in [0.1, 0.15) is 42.3 Å². The molecular formula is C22H26N2O6. The number of rotatable bonds is 8. The first kappa shape index (κ1) is 22.7. The van der Waals surface area contributed by atoms with Crippen molar-refractivity contribution in [3.8, 4) is 0 Å². The molecule has 0 aliphatic heterocycles. The average molecular weight is 414 g/mol. The molecule has 0 aromatic heterocycles. The molecule has 0 fully saturated rings. The fourth-order valence-corrected chi connectivity index (χ4v) is 2.45. The fourth-order valence-electron chi connectivity index (χ4n) is 2.45. The summed E-state index contributed by atoms with van der Waals surface area (Å²) < 4.78 is 10.5. The second-order valence-electron chi connectivity index (χ2n) is 7.54. The summed E-state index contributed by atoms with van der Waals surface area (Å²) in [5.74, 6) is -1.58. The molecule has 0 atom stereocenters. The molecule has 0 radical (unpaired) electrons. The first-order chi connectivity index (χ1) is 14.1. The highest BCUT2D eigenvalue weighted by atomic mass is 16.6. The SMILES string of the molecule is CC(C)(C)OC(=O)NCc1ccc(COC(=O)c2ccccc2NCC(=O)O)cc1. The molecule has 0 heterocycles. The van der Waals surface area contributed by atoms with Gasteiger partial charge in [0.15, 0.2) is 0 Å². The molecule has 0 saturated heterocycles. The van der Waals surface area contributed by atoms with Gasteiger partial charge in [-0.3, -0.25) is 4.79 Å². The van der Waals surface area contributed by atoms with E-state index >= 15 is 0 Å². The third-order valence-corrected chi connectivity index (χ3v) is 3.81.